The molecule has 1 aromatic rings. The third kappa shape index (κ3) is 7.59. The quantitative estimate of drug-likeness (QED) is 0.303. The van der Waals surface area contributed by atoms with E-state index < -0.39 is 29.7 Å². The number of piperidine rings is 1. The number of carbonyl (C=O) groups is 5. The summed E-state index contributed by atoms with van der Waals surface area (Å²) in [5.41, 5.74) is 5.47. The monoisotopic (exact) mass is 490 g/mol. The molecule has 0 aromatic heterocycles. The summed E-state index contributed by atoms with van der Waals surface area (Å²) >= 11 is 0. The van der Waals surface area contributed by atoms with Crippen LogP contribution in [0.4, 0.5) is 0 Å². The van der Waals surface area contributed by atoms with Crippen LogP contribution in [0, 0.1) is 0 Å². The number of rotatable bonds is 11. The van der Waals surface area contributed by atoms with Gasteiger partial charge in [-0.15, -0.1) is 0 Å². The highest BCUT2D eigenvalue weighted by Crippen LogP contribution is 2.33. The molecule has 2 heterocycles. The number of amides is 5. The first-order valence-electron chi connectivity index (χ1n) is 11.9. The molecule has 0 saturated carbocycles. The van der Waals surface area contributed by atoms with E-state index in [1.807, 2.05) is 0 Å². The Balaban J connectivity index is 0.00000137. The van der Waals surface area contributed by atoms with Gasteiger partial charge in [0, 0.05) is 26.2 Å². The Kier molecular flexibility index (Phi) is 11.3. The highest BCUT2D eigenvalue weighted by molar-refractivity contribution is 6.24. The van der Waals surface area contributed by atoms with Crippen molar-refractivity contribution in [3.8, 4) is 5.75 Å². The van der Waals surface area contributed by atoms with Crippen LogP contribution in [0.2, 0.25) is 0 Å². The van der Waals surface area contributed by atoms with E-state index in [2.05, 4.69) is 24.5 Å². The molecule has 0 aliphatic carbocycles. The van der Waals surface area contributed by atoms with Gasteiger partial charge >= 0.3 is 0 Å². The lowest BCUT2D eigenvalue weighted by atomic mass is 10.0. The summed E-state index contributed by atoms with van der Waals surface area (Å²) in [5.74, 6) is -2.77. The van der Waals surface area contributed by atoms with Crippen molar-refractivity contribution in [1.29, 1.82) is 0 Å². The Morgan fingerprint density at radius 2 is 1.86 bits per heavy atom. The third-order valence-electron chi connectivity index (χ3n) is 5.07. The molecular formula is C24H34N4O7. The lowest BCUT2D eigenvalue weighted by Crippen LogP contribution is -2.54. The normalized spacial score (nSPS) is 16.9. The van der Waals surface area contributed by atoms with Crippen LogP contribution in [-0.4, -0.2) is 73.4 Å². The molecule has 1 unspecified atom stereocenters. The van der Waals surface area contributed by atoms with Crippen molar-refractivity contribution in [3.05, 3.63) is 29.3 Å². The number of carbonyl (C=O) groups excluding carboxylic acids is 5. The van der Waals surface area contributed by atoms with Gasteiger partial charge in [-0.2, -0.15) is 0 Å². The molecule has 5 amide bonds. The van der Waals surface area contributed by atoms with Crippen LogP contribution in [0.15, 0.2) is 18.2 Å². The zero-order chi connectivity index (χ0) is 25.8. The summed E-state index contributed by atoms with van der Waals surface area (Å²) in [6, 6.07) is 3.41. The number of nitrogens with two attached hydrogens (primary N) is 1. The standard InChI is InChI=1S/C21H26N4O7.C3H8/c22-8-2-10-31-11-3-9-23-17(27)12-32-15-5-1-4-13-18(15)21(30)25(20(13)29)14-6-7-16(26)24-19(14)28;1-3-2/h1,4-5,14H,2-3,6-12,22H2,(H,23,27)(H,24,26,28);3H2,1-2H3. The third-order valence-corrected chi connectivity index (χ3v) is 5.07. The average molecular weight is 491 g/mol. The molecule has 4 N–H and O–H groups in total. The zero-order valence-electron chi connectivity index (χ0n) is 20.3. The van der Waals surface area contributed by atoms with Crippen molar-refractivity contribution in [2.45, 2.75) is 52.0 Å². The SMILES string of the molecule is CCC.NCCCOCCCNC(=O)COc1cccc2c1C(=O)N(C1CCC(=O)NC1=O)C2=O. The number of nitrogens with zero attached hydrogens (tertiary/aromatic N) is 1. The first kappa shape index (κ1) is 27.9. The smallest absolute Gasteiger partial charge is 0.266 e. The Bertz CT molecular complexity index is 934. The molecule has 1 aromatic carbocycles. The van der Waals surface area contributed by atoms with Gasteiger partial charge in [0.25, 0.3) is 17.7 Å². The van der Waals surface area contributed by atoms with Crippen molar-refractivity contribution in [1.82, 2.24) is 15.5 Å². The van der Waals surface area contributed by atoms with Crippen molar-refractivity contribution < 1.29 is 33.4 Å². The number of hydrogen-bond acceptors (Lipinski definition) is 8. The van der Waals surface area contributed by atoms with Crippen LogP contribution in [-0.2, 0) is 19.1 Å². The maximum atomic E-state index is 13.0. The molecule has 0 spiro atoms. The fourth-order valence-electron chi connectivity index (χ4n) is 3.49. The second kappa shape index (κ2) is 14.2. The van der Waals surface area contributed by atoms with Gasteiger partial charge in [0.1, 0.15) is 11.8 Å². The molecule has 35 heavy (non-hydrogen) atoms. The number of fused-ring (bicyclic) bond motifs is 1. The highest BCUT2D eigenvalue weighted by atomic mass is 16.5. The number of nitrogens with one attached hydrogen (secondary N) is 2. The largest absolute Gasteiger partial charge is 0.483 e. The van der Waals surface area contributed by atoms with Crippen LogP contribution in [0.1, 0.15) is 66.7 Å². The van der Waals surface area contributed by atoms with Gasteiger partial charge in [-0.25, -0.2) is 0 Å². The van der Waals surface area contributed by atoms with Crippen molar-refractivity contribution in [3.63, 3.8) is 0 Å². The van der Waals surface area contributed by atoms with Gasteiger partial charge in [0.05, 0.1) is 11.1 Å². The van der Waals surface area contributed by atoms with Crippen LogP contribution in [0.3, 0.4) is 0 Å². The molecule has 0 bridgehead atoms. The number of hydrogen-bond donors (Lipinski definition) is 3. The molecule has 3 rings (SSSR count). The van der Waals surface area contributed by atoms with Crippen LogP contribution >= 0.6 is 0 Å². The number of imide groups is 2. The lowest BCUT2D eigenvalue weighted by Gasteiger charge is -2.27. The topological polar surface area (TPSA) is 157 Å². The summed E-state index contributed by atoms with van der Waals surface area (Å²) in [6.07, 6.45) is 2.75. The molecular weight excluding hydrogens is 456 g/mol. The molecule has 192 valence electrons. The van der Waals surface area contributed by atoms with Crippen molar-refractivity contribution in [2.24, 2.45) is 5.73 Å². The summed E-state index contributed by atoms with van der Waals surface area (Å²) in [6.45, 7) is 5.95. The highest BCUT2D eigenvalue weighted by Gasteiger charge is 2.46. The van der Waals surface area contributed by atoms with E-state index >= 15 is 0 Å². The Morgan fingerprint density at radius 3 is 2.54 bits per heavy atom. The van der Waals surface area contributed by atoms with Crippen LogP contribution in [0.5, 0.6) is 5.75 Å². The van der Waals surface area contributed by atoms with E-state index in [0.29, 0.717) is 32.7 Å². The average Bonchev–Trinajstić information content (AvgIpc) is 3.08. The van der Waals surface area contributed by atoms with E-state index in [0.717, 1.165) is 11.3 Å². The zero-order valence-corrected chi connectivity index (χ0v) is 20.3. The molecule has 1 atom stereocenters. The first-order chi connectivity index (χ1) is 16.8. The maximum absolute atomic E-state index is 13.0. The predicted molar refractivity (Wildman–Crippen MR) is 127 cm³/mol. The molecule has 0 radical (unpaired) electrons. The summed E-state index contributed by atoms with van der Waals surface area (Å²) in [7, 11) is 0. The minimum Gasteiger partial charge on any atom is -0.483 e. The van der Waals surface area contributed by atoms with Crippen molar-refractivity contribution in [2.75, 3.05) is 32.9 Å². The van der Waals surface area contributed by atoms with Gasteiger partial charge in [-0.05, 0) is 37.9 Å². The molecule has 11 heteroatoms. The molecule has 1 fully saturated rings. The Hall–Kier alpha value is -3.31. The summed E-state index contributed by atoms with van der Waals surface area (Å²) in [4.78, 5) is 62.2. The molecule has 11 nitrogen and oxygen atoms in total. The van der Waals surface area contributed by atoms with Gasteiger partial charge in [-0.3, -0.25) is 34.2 Å². The van der Waals surface area contributed by atoms with Gasteiger partial charge in [0.2, 0.25) is 11.8 Å². The van der Waals surface area contributed by atoms with Gasteiger partial charge in [0.15, 0.2) is 6.61 Å². The summed E-state index contributed by atoms with van der Waals surface area (Å²) in [5, 5.41) is 4.83. The first-order valence-corrected chi connectivity index (χ1v) is 11.9. The van der Waals surface area contributed by atoms with Crippen molar-refractivity contribution >= 4 is 29.5 Å². The fourth-order valence-corrected chi connectivity index (χ4v) is 3.49. The molecule has 2 aliphatic rings. The van der Waals surface area contributed by atoms with Gasteiger partial charge in [-0.1, -0.05) is 26.3 Å². The number of benzene rings is 1. The summed E-state index contributed by atoms with van der Waals surface area (Å²) < 4.78 is 10.9. The van der Waals surface area contributed by atoms with E-state index in [1.165, 1.54) is 24.6 Å². The Morgan fingerprint density at radius 1 is 1.14 bits per heavy atom. The second-order valence-corrected chi connectivity index (χ2v) is 8.08. The lowest BCUT2D eigenvalue weighted by molar-refractivity contribution is -0.136. The minimum atomic E-state index is -1.07. The van der Waals surface area contributed by atoms with Crippen LogP contribution in [0.25, 0.3) is 0 Å². The van der Waals surface area contributed by atoms with E-state index in [4.69, 9.17) is 15.2 Å². The minimum absolute atomic E-state index is 0.00306. The predicted octanol–water partition coefficient (Wildman–Crippen LogP) is 0.755. The van der Waals surface area contributed by atoms with Gasteiger partial charge < -0.3 is 20.5 Å². The van der Waals surface area contributed by atoms with E-state index in [1.54, 1.807) is 0 Å². The van der Waals surface area contributed by atoms with Crippen LogP contribution < -0.4 is 21.1 Å². The second-order valence-electron chi connectivity index (χ2n) is 8.08. The number of ether oxygens (including phenoxy) is 2. The van der Waals surface area contributed by atoms with E-state index in [-0.39, 0.29) is 42.2 Å². The molecule has 1 saturated heterocycles. The maximum Gasteiger partial charge on any atom is 0.266 e. The fraction of sp³-hybridized carbons (Fsp3) is 0.542. The Labute approximate surface area is 204 Å². The van der Waals surface area contributed by atoms with E-state index in [9.17, 15) is 24.0 Å². The molecule has 2 aliphatic heterocycles.